The number of halogens is 2. The van der Waals surface area contributed by atoms with Crippen LogP contribution in [0.25, 0.3) is 0 Å². The van der Waals surface area contributed by atoms with E-state index < -0.39 is 30.1 Å². The van der Waals surface area contributed by atoms with Crippen molar-refractivity contribution < 1.29 is 23.4 Å². The van der Waals surface area contributed by atoms with Crippen LogP contribution >= 0.6 is 0 Å². The van der Waals surface area contributed by atoms with Gasteiger partial charge in [0.15, 0.2) is 0 Å². The normalized spacial score (nSPS) is 30.6. The summed E-state index contributed by atoms with van der Waals surface area (Å²) < 4.78 is 30.7. The molecule has 0 amide bonds. The van der Waals surface area contributed by atoms with Gasteiger partial charge in [0, 0.05) is 13.0 Å². The van der Waals surface area contributed by atoms with E-state index in [0.29, 0.717) is 12.8 Å². The van der Waals surface area contributed by atoms with Crippen molar-refractivity contribution in [1.82, 2.24) is 4.90 Å². The van der Waals surface area contributed by atoms with E-state index in [1.165, 1.54) is 0 Å². The average molecular weight is 235 g/mol. The number of hydrogen-bond donors (Lipinski definition) is 1. The molecular weight excluding hydrogens is 220 g/mol. The lowest BCUT2D eigenvalue weighted by Crippen LogP contribution is -2.44. The van der Waals surface area contributed by atoms with E-state index in [0.717, 1.165) is 0 Å². The van der Waals surface area contributed by atoms with Crippen molar-refractivity contribution in [2.24, 2.45) is 0 Å². The first-order valence-corrected chi connectivity index (χ1v) is 5.30. The molecule has 2 aliphatic rings. The Kier molecular flexibility index (Phi) is 2.66. The molecule has 1 saturated carbocycles. The van der Waals surface area contributed by atoms with Crippen LogP contribution in [0.4, 0.5) is 8.78 Å². The first-order chi connectivity index (χ1) is 7.36. The fourth-order valence-electron chi connectivity index (χ4n) is 2.17. The minimum Gasteiger partial charge on any atom is -0.480 e. The number of carboxylic acid groups (broad SMARTS) is 1. The lowest BCUT2D eigenvalue weighted by atomic mass is 10.1. The largest absolute Gasteiger partial charge is 0.480 e. The van der Waals surface area contributed by atoms with E-state index in [4.69, 9.17) is 9.84 Å². The molecule has 1 unspecified atom stereocenters. The molecule has 1 saturated heterocycles. The molecule has 0 aromatic heterocycles. The zero-order valence-electron chi connectivity index (χ0n) is 9.08. The number of carbonyl (C=O) groups is 1. The van der Waals surface area contributed by atoms with E-state index in [1.807, 2.05) is 0 Å². The molecular formula is C10H15F2NO3. The Bertz CT molecular complexity index is 304. The number of rotatable bonds is 4. The molecule has 0 aromatic rings. The van der Waals surface area contributed by atoms with Crippen LogP contribution in [0.1, 0.15) is 19.3 Å². The summed E-state index contributed by atoms with van der Waals surface area (Å²) in [7, 11) is 1.65. The molecule has 1 aliphatic heterocycles. The van der Waals surface area contributed by atoms with E-state index in [9.17, 15) is 13.6 Å². The van der Waals surface area contributed by atoms with Crippen molar-refractivity contribution in [2.75, 3.05) is 20.2 Å². The fraction of sp³-hybridized carbons (Fsp3) is 0.900. The maximum atomic E-state index is 12.9. The molecule has 1 aliphatic carbocycles. The molecule has 0 bridgehead atoms. The van der Waals surface area contributed by atoms with E-state index in [1.54, 1.807) is 11.9 Å². The standard InChI is InChI=1S/C10H15F2NO3/c1-13(9(2-3-9)8(14)15)5-7-4-10(11,12)6-16-7/h7H,2-6H2,1H3,(H,14,15). The van der Waals surface area contributed by atoms with Gasteiger partial charge >= 0.3 is 5.97 Å². The van der Waals surface area contributed by atoms with E-state index >= 15 is 0 Å². The Morgan fingerprint density at radius 2 is 2.19 bits per heavy atom. The van der Waals surface area contributed by atoms with Crippen molar-refractivity contribution in [3.05, 3.63) is 0 Å². The quantitative estimate of drug-likeness (QED) is 0.788. The zero-order valence-corrected chi connectivity index (χ0v) is 9.08. The summed E-state index contributed by atoms with van der Waals surface area (Å²) in [6, 6.07) is 0. The first-order valence-electron chi connectivity index (χ1n) is 5.30. The molecule has 92 valence electrons. The minimum absolute atomic E-state index is 0.252. The van der Waals surface area contributed by atoms with Gasteiger partial charge in [-0.25, -0.2) is 8.78 Å². The second-order valence-electron chi connectivity index (χ2n) is 4.71. The van der Waals surface area contributed by atoms with E-state index in [2.05, 4.69) is 0 Å². The third-order valence-corrected chi connectivity index (χ3v) is 3.39. The second-order valence-corrected chi connectivity index (χ2v) is 4.71. The predicted molar refractivity (Wildman–Crippen MR) is 51.5 cm³/mol. The van der Waals surface area contributed by atoms with Gasteiger partial charge in [-0.05, 0) is 19.9 Å². The van der Waals surface area contributed by atoms with Crippen molar-refractivity contribution in [3.8, 4) is 0 Å². The number of carboxylic acids is 1. The topological polar surface area (TPSA) is 49.8 Å². The van der Waals surface area contributed by atoms with Gasteiger partial charge in [0.2, 0.25) is 0 Å². The Balaban J connectivity index is 1.89. The first kappa shape index (κ1) is 11.7. The summed E-state index contributed by atoms with van der Waals surface area (Å²) in [4.78, 5) is 12.6. The van der Waals surface area contributed by atoms with Gasteiger partial charge in [-0.15, -0.1) is 0 Å². The Morgan fingerprint density at radius 1 is 1.56 bits per heavy atom. The third kappa shape index (κ3) is 2.04. The molecule has 4 nitrogen and oxygen atoms in total. The molecule has 16 heavy (non-hydrogen) atoms. The number of hydrogen-bond acceptors (Lipinski definition) is 3. The average Bonchev–Trinajstić information content (AvgIpc) is 2.89. The summed E-state index contributed by atoms with van der Waals surface area (Å²) in [6.07, 6.45) is 0.300. The summed E-state index contributed by atoms with van der Waals surface area (Å²) in [5.41, 5.74) is -0.832. The molecule has 6 heteroatoms. The van der Waals surface area contributed by atoms with Crippen LogP contribution in [0.3, 0.4) is 0 Å². The van der Waals surface area contributed by atoms with Gasteiger partial charge in [-0.1, -0.05) is 0 Å². The Hall–Kier alpha value is -0.750. The third-order valence-electron chi connectivity index (χ3n) is 3.39. The molecule has 0 aromatic carbocycles. The fourth-order valence-corrected chi connectivity index (χ4v) is 2.17. The van der Waals surface area contributed by atoms with Crippen LogP contribution in [-0.4, -0.2) is 53.7 Å². The minimum atomic E-state index is -2.76. The van der Waals surface area contributed by atoms with Crippen LogP contribution in [0.15, 0.2) is 0 Å². The number of nitrogens with zero attached hydrogens (tertiary/aromatic N) is 1. The number of likely N-dealkylation sites (N-methyl/N-ethyl adjacent to an activating group) is 1. The van der Waals surface area contributed by atoms with Crippen LogP contribution < -0.4 is 0 Å². The highest BCUT2D eigenvalue weighted by Crippen LogP contribution is 2.42. The van der Waals surface area contributed by atoms with Gasteiger partial charge in [-0.2, -0.15) is 0 Å². The molecule has 2 fully saturated rings. The Morgan fingerprint density at radius 3 is 2.56 bits per heavy atom. The monoisotopic (exact) mass is 235 g/mol. The molecule has 1 heterocycles. The van der Waals surface area contributed by atoms with E-state index in [-0.39, 0.29) is 13.0 Å². The maximum absolute atomic E-state index is 12.9. The highest BCUT2D eigenvalue weighted by molar-refractivity contribution is 5.82. The van der Waals surface area contributed by atoms with Gasteiger partial charge in [0.25, 0.3) is 5.92 Å². The van der Waals surface area contributed by atoms with Crippen molar-refractivity contribution in [3.63, 3.8) is 0 Å². The number of aliphatic carboxylic acids is 1. The van der Waals surface area contributed by atoms with Crippen molar-refractivity contribution >= 4 is 5.97 Å². The second kappa shape index (κ2) is 3.63. The van der Waals surface area contributed by atoms with Gasteiger partial charge < -0.3 is 9.84 Å². The molecule has 1 N–H and O–H groups in total. The zero-order chi connectivity index (χ0) is 12.0. The van der Waals surface area contributed by atoms with Crippen LogP contribution in [-0.2, 0) is 9.53 Å². The van der Waals surface area contributed by atoms with Gasteiger partial charge in [0.1, 0.15) is 12.1 Å². The van der Waals surface area contributed by atoms with Crippen LogP contribution in [0.5, 0.6) is 0 Å². The SMILES string of the molecule is CN(CC1CC(F)(F)CO1)C1(C(=O)O)CC1. The maximum Gasteiger partial charge on any atom is 0.324 e. The number of alkyl halides is 2. The van der Waals surface area contributed by atoms with Crippen molar-refractivity contribution in [2.45, 2.75) is 36.8 Å². The summed E-state index contributed by atoms with van der Waals surface area (Å²) in [5.74, 6) is -3.63. The smallest absolute Gasteiger partial charge is 0.324 e. The molecule has 0 spiro atoms. The van der Waals surface area contributed by atoms with Crippen LogP contribution in [0.2, 0.25) is 0 Å². The molecule has 0 radical (unpaired) electrons. The lowest BCUT2D eigenvalue weighted by molar-refractivity contribution is -0.145. The van der Waals surface area contributed by atoms with Crippen molar-refractivity contribution in [1.29, 1.82) is 0 Å². The van der Waals surface area contributed by atoms with Gasteiger partial charge in [0.05, 0.1) is 6.10 Å². The highest BCUT2D eigenvalue weighted by Gasteiger charge is 2.54. The summed E-state index contributed by atoms with van der Waals surface area (Å²) >= 11 is 0. The predicted octanol–water partition coefficient (Wildman–Crippen LogP) is 0.960. The molecule has 2 rings (SSSR count). The Labute approximate surface area is 92.2 Å². The van der Waals surface area contributed by atoms with Gasteiger partial charge in [-0.3, -0.25) is 9.69 Å². The highest BCUT2D eigenvalue weighted by atomic mass is 19.3. The van der Waals surface area contributed by atoms with Crippen LogP contribution in [0, 0.1) is 0 Å². The summed E-state index contributed by atoms with van der Waals surface area (Å²) in [6.45, 7) is -0.298. The molecule has 1 atom stereocenters. The lowest BCUT2D eigenvalue weighted by Gasteiger charge is -2.26. The summed E-state index contributed by atoms with van der Waals surface area (Å²) in [5, 5.41) is 9.02. The number of ether oxygens (including phenoxy) is 1.